The van der Waals surface area contributed by atoms with Gasteiger partial charge in [0.15, 0.2) is 0 Å². The molecule has 2 aliphatic heterocycles. The van der Waals surface area contributed by atoms with Gasteiger partial charge in [-0.2, -0.15) is 0 Å². The Bertz CT molecular complexity index is 1920. The van der Waals surface area contributed by atoms with Gasteiger partial charge in [-0.25, -0.2) is 13.8 Å². The molecule has 268 valence electrons. The molecule has 4 fully saturated rings. The predicted octanol–water partition coefficient (Wildman–Crippen LogP) is 6.73. The molecule has 1 aromatic heterocycles. The first kappa shape index (κ1) is 34.7. The molecule has 51 heavy (non-hydrogen) atoms. The van der Waals surface area contributed by atoms with Crippen molar-refractivity contribution in [3.63, 3.8) is 0 Å². The van der Waals surface area contributed by atoms with Gasteiger partial charge in [-0.05, 0) is 52.3 Å². The molecule has 0 radical (unpaired) electrons. The highest BCUT2D eigenvalue weighted by Gasteiger charge is 2.85. The number of fused-ring (bicyclic) bond motifs is 1. The monoisotopic (exact) mass is 730 g/mol. The van der Waals surface area contributed by atoms with Crippen LogP contribution in [0.15, 0.2) is 85.1 Å². The summed E-state index contributed by atoms with van der Waals surface area (Å²) in [6.07, 6.45) is 1.58. The number of aromatic nitrogens is 1. The number of anilines is 2. The number of nitrogens with zero attached hydrogens (tertiary/aromatic N) is 3. The SMILES string of the molecule is CC1(N2CCN(c3cc4cc(NC(=O)C5CC56CC6(F)F)ncc4cc3Cl)CC2)COCC1O[Si](c1ccccc1)(c1ccccc1)C(C)(C)C. The number of nitrogens with one attached hydrogen (secondary N) is 1. The minimum absolute atomic E-state index is 0.127. The standard InChI is InChI=1S/C40H45ClF2N4O3Si/c1-37(2,3)51(29-11-7-5-8-12-29,30-13-9-6-10-14-30)50-34-24-49-26-38(34,4)47-17-15-46(16-18-47)33-20-27-21-35(44-23-28(27)19-32(33)41)45-36(48)31-22-39(31)25-40(39,42)43/h5-14,19-21,23,31,34H,15-18,22,24-26H2,1-4H3,(H,44,45,48). The van der Waals surface area contributed by atoms with E-state index < -0.39 is 25.6 Å². The molecule has 1 spiro atoms. The fourth-order valence-electron chi connectivity index (χ4n) is 8.74. The van der Waals surface area contributed by atoms with Crippen molar-refractivity contribution in [2.75, 3.05) is 49.6 Å². The normalized spacial score (nSPS) is 27.5. The Morgan fingerprint density at radius 3 is 2.18 bits per heavy atom. The lowest BCUT2D eigenvalue weighted by atomic mass is 9.95. The maximum atomic E-state index is 13.8. The quantitative estimate of drug-likeness (QED) is 0.203. The Hall–Kier alpha value is -3.41. The van der Waals surface area contributed by atoms with Crippen LogP contribution in [0, 0.1) is 11.3 Å². The van der Waals surface area contributed by atoms with Crippen LogP contribution in [-0.4, -0.2) is 81.1 Å². The van der Waals surface area contributed by atoms with Gasteiger partial charge < -0.3 is 19.4 Å². The van der Waals surface area contributed by atoms with Gasteiger partial charge in [0, 0.05) is 44.2 Å². The van der Waals surface area contributed by atoms with Crippen molar-refractivity contribution in [2.24, 2.45) is 11.3 Å². The van der Waals surface area contributed by atoms with E-state index in [0.29, 0.717) is 24.1 Å². The molecule has 2 aliphatic carbocycles. The zero-order valence-electron chi connectivity index (χ0n) is 29.6. The van der Waals surface area contributed by atoms with Crippen LogP contribution in [0.1, 0.15) is 40.5 Å². The number of halogens is 3. The Balaban J connectivity index is 1.00. The number of amides is 1. The lowest BCUT2D eigenvalue weighted by Gasteiger charge is -2.50. The molecule has 4 atom stereocenters. The Kier molecular flexibility index (Phi) is 8.38. The van der Waals surface area contributed by atoms with Crippen LogP contribution < -0.4 is 20.6 Å². The Morgan fingerprint density at radius 1 is 0.980 bits per heavy atom. The molecule has 1 amide bonds. The summed E-state index contributed by atoms with van der Waals surface area (Å²) in [5.74, 6) is -3.40. The lowest BCUT2D eigenvalue weighted by molar-refractivity contribution is -0.118. The molecule has 3 aromatic carbocycles. The number of benzene rings is 3. The van der Waals surface area contributed by atoms with E-state index in [1.165, 1.54) is 10.4 Å². The average Bonchev–Trinajstić information content (AvgIpc) is 3.92. The average molecular weight is 731 g/mol. The predicted molar refractivity (Wildman–Crippen MR) is 201 cm³/mol. The number of pyridine rings is 1. The van der Waals surface area contributed by atoms with E-state index in [9.17, 15) is 13.6 Å². The van der Waals surface area contributed by atoms with E-state index in [1.54, 1.807) is 12.3 Å². The first-order chi connectivity index (χ1) is 24.3. The maximum absolute atomic E-state index is 13.8. The summed E-state index contributed by atoms with van der Waals surface area (Å²) in [4.78, 5) is 22.0. The van der Waals surface area contributed by atoms with Gasteiger partial charge in [0.25, 0.3) is 14.2 Å². The molecule has 4 unspecified atom stereocenters. The molecular weight excluding hydrogens is 686 g/mol. The van der Waals surface area contributed by atoms with Gasteiger partial charge in [0.05, 0.1) is 46.9 Å². The van der Waals surface area contributed by atoms with Crippen LogP contribution >= 0.6 is 11.6 Å². The van der Waals surface area contributed by atoms with Crippen LogP contribution in [0.2, 0.25) is 10.1 Å². The van der Waals surface area contributed by atoms with Crippen molar-refractivity contribution in [1.29, 1.82) is 0 Å². The van der Waals surface area contributed by atoms with Crippen molar-refractivity contribution >= 4 is 58.5 Å². The topological polar surface area (TPSA) is 66.9 Å². The highest BCUT2D eigenvalue weighted by atomic mass is 35.5. The van der Waals surface area contributed by atoms with E-state index in [1.807, 2.05) is 12.1 Å². The number of ether oxygens (including phenoxy) is 1. The molecule has 0 bridgehead atoms. The third-order valence-corrected chi connectivity index (χ3v) is 17.4. The van der Waals surface area contributed by atoms with Crippen LogP contribution in [-0.2, 0) is 14.0 Å². The van der Waals surface area contributed by atoms with Gasteiger partial charge in [0.1, 0.15) is 5.82 Å². The number of alkyl halides is 2. The molecule has 4 aromatic rings. The van der Waals surface area contributed by atoms with E-state index in [4.69, 9.17) is 20.8 Å². The largest absolute Gasteiger partial charge is 0.400 e. The number of hydrogen-bond donors (Lipinski definition) is 1. The summed E-state index contributed by atoms with van der Waals surface area (Å²) in [5.41, 5.74) is -0.527. The zero-order chi connectivity index (χ0) is 35.8. The molecule has 7 nitrogen and oxygen atoms in total. The van der Waals surface area contributed by atoms with Crippen LogP contribution in [0.3, 0.4) is 0 Å². The van der Waals surface area contributed by atoms with Gasteiger partial charge in [0.2, 0.25) is 5.91 Å². The minimum Gasteiger partial charge on any atom is -0.400 e. The second-order valence-corrected chi connectivity index (χ2v) is 20.8. The second kappa shape index (κ2) is 12.3. The molecule has 8 rings (SSSR count). The number of piperazine rings is 1. The van der Waals surface area contributed by atoms with E-state index in [0.717, 1.165) is 42.6 Å². The van der Waals surface area contributed by atoms with Crippen LogP contribution in [0.4, 0.5) is 20.3 Å². The van der Waals surface area contributed by atoms with Crippen molar-refractivity contribution in [1.82, 2.24) is 9.88 Å². The van der Waals surface area contributed by atoms with Gasteiger partial charge in [-0.15, -0.1) is 0 Å². The smallest absolute Gasteiger partial charge is 0.261 e. The first-order valence-corrected chi connectivity index (χ1v) is 20.2. The summed E-state index contributed by atoms with van der Waals surface area (Å²) >= 11 is 6.86. The summed E-state index contributed by atoms with van der Waals surface area (Å²) in [5, 5.41) is 7.50. The molecule has 4 aliphatic rings. The van der Waals surface area contributed by atoms with Crippen molar-refractivity contribution < 1.29 is 22.7 Å². The third-order valence-electron chi connectivity index (χ3n) is 12.0. The summed E-state index contributed by atoms with van der Waals surface area (Å²) in [6, 6.07) is 27.3. The first-order valence-electron chi connectivity index (χ1n) is 17.9. The zero-order valence-corrected chi connectivity index (χ0v) is 31.4. The molecular formula is C40H45ClF2N4O3Si. The Morgan fingerprint density at radius 2 is 1.61 bits per heavy atom. The van der Waals surface area contributed by atoms with Crippen molar-refractivity contribution in [3.8, 4) is 0 Å². The summed E-state index contributed by atoms with van der Waals surface area (Å²) in [7, 11) is -2.79. The number of carbonyl (C=O) groups is 1. The summed E-state index contributed by atoms with van der Waals surface area (Å²) < 4.78 is 41.4. The molecule has 3 heterocycles. The van der Waals surface area contributed by atoms with Crippen LogP contribution in [0.25, 0.3) is 10.8 Å². The molecule has 2 saturated heterocycles. The molecule has 2 saturated carbocycles. The van der Waals surface area contributed by atoms with Crippen molar-refractivity contribution in [2.45, 2.75) is 63.1 Å². The number of rotatable bonds is 8. The fourth-order valence-corrected chi connectivity index (χ4v) is 13.8. The minimum atomic E-state index is -2.79. The van der Waals surface area contributed by atoms with E-state index in [2.05, 4.69) is 108 Å². The van der Waals surface area contributed by atoms with E-state index in [-0.39, 0.29) is 35.4 Å². The highest BCUT2D eigenvalue weighted by Crippen LogP contribution is 2.79. The third kappa shape index (κ3) is 5.78. The van der Waals surface area contributed by atoms with Gasteiger partial charge in [-0.3, -0.25) is 9.69 Å². The van der Waals surface area contributed by atoms with E-state index >= 15 is 0 Å². The Labute approximate surface area is 304 Å². The maximum Gasteiger partial charge on any atom is 0.261 e. The summed E-state index contributed by atoms with van der Waals surface area (Å²) in [6.45, 7) is 13.5. The number of carbonyl (C=O) groups excluding carboxylic acids is 1. The van der Waals surface area contributed by atoms with Gasteiger partial charge in [-0.1, -0.05) is 93.0 Å². The molecule has 1 N–H and O–H groups in total. The second-order valence-electron chi connectivity index (χ2n) is 16.1. The van der Waals surface area contributed by atoms with Gasteiger partial charge >= 0.3 is 0 Å². The lowest BCUT2D eigenvalue weighted by Crippen LogP contribution is -2.71. The fraction of sp³-hybridized carbons (Fsp3) is 0.450. The molecule has 11 heteroatoms. The van der Waals surface area contributed by atoms with Crippen molar-refractivity contribution in [3.05, 3.63) is 90.1 Å². The highest BCUT2D eigenvalue weighted by molar-refractivity contribution is 6.99. The number of hydrogen-bond acceptors (Lipinski definition) is 6. The van der Waals surface area contributed by atoms with Crippen LogP contribution in [0.5, 0.6) is 0 Å².